The predicted molar refractivity (Wildman–Crippen MR) is 118 cm³/mol. The molecule has 0 aromatic heterocycles. The van der Waals surface area contributed by atoms with Crippen LogP contribution >= 0.6 is 0 Å². The van der Waals surface area contributed by atoms with Gasteiger partial charge in [-0.05, 0) is 42.9 Å². The molecular formula is C26H27NO3. The Balaban J connectivity index is 1.82. The fourth-order valence-corrected chi connectivity index (χ4v) is 4.46. The number of rotatable bonds is 5. The topological polar surface area (TPSA) is 55.4 Å². The van der Waals surface area contributed by atoms with Crippen molar-refractivity contribution in [3.8, 4) is 11.1 Å². The number of Topliss-reactive ketones (excluding diaryl/α,β-unsaturated/α-hetero) is 1. The van der Waals surface area contributed by atoms with Crippen LogP contribution in [0.5, 0.6) is 0 Å². The van der Waals surface area contributed by atoms with Gasteiger partial charge in [-0.1, -0.05) is 61.5 Å². The standard InChI is InChI=1S/C26H27NO3/c1-3-20-25(26(29)30-4-2)23(24-21(27-20)11-8-12-22(24)28)19-15-13-18(14-16-19)17-9-6-5-7-10-17/h5-7,9-10,13-16,23,27H,3-4,8,11-12H2,1-2H3/t23-/m1/s1. The van der Waals surface area contributed by atoms with Gasteiger partial charge in [0.2, 0.25) is 0 Å². The first-order chi connectivity index (χ1) is 14.6. The van der Waals surface area contributed by atoms with Crippen LogP contribution < -0.4 is 5.32 Å². The number of ketones is 1. The number of hydrogen-bond acceptors (Lipinski definition) is 4. The lowest BCUT2D eigenvalue weighted by Crippen LogP contribution is -2.35. The molecule has 4 heteroatoms. The van der Waals surface area contributed by atoms with E-state index >= 15 is 0 Å². The summed E-state index contributed by atoms with van der Waals surface area (Å²) in [5.41, 5.74) is 6.32. The van der Waals surface area contributed by atoms with Crippen LogP contribution in [0.4, 0.5) is 0 Å². The van der Waals surface area contributed by atoms with Crippen molar-refractivity contribution >= 4 is 11.8 Å². The summed E-state index contributed by atoms with van der Waals surface area (Å²) >= 11 is 0. The Labute approximate surface area is 177 Å². The van der Waals surface area contributed by atoms with Gasteiger partial charge in [-0.3, -0.25) is 4.79 Å². The molecule has 0 bridgehead atoms. The van der Waals surface area contributed by atoms with Crippen LogP contribution in [0.15, 0.2) is 77.1 Å². The summed E-state index contributed by atoms with van der Waals surface area (Å²) < 4.78 is 5.40. The molecule has 154 valence electrons. The van der Waals surface area contributed by atoms with E-state index in [1.807, 2.05) is 37.3 Å². The smallest absolute Gasteiger partial charge is 0.336 e. The van der Waals surface area contributed by atoms with Crippen molar-refractivity contribution in [2.75, 3.05) is 6.61 Å². The fourth-order valence-electron chi connectivity index (χ4n) is 4.46. The third-order valence-electron chi connectivity index (χ3n) is 5.86. The minimum atomic E-state index is -0.382. The summed E-state index contributed by atoms with van der Waals surface area (Å²) in [6.07, 6.45) is 2.88. The van der Waals surface area contributed by atoms with Crippen LogP contribution in [-0.2, 0) is 14.3 Å². The number of allylic oxidation sites excluding steroid dienone is 3. The van der Waals surface area contributed by atoms with Crippen LogP contribution in [0.2, 0.25) is 0 Å². The van der Waals surface area contributed by atoms with Crippen molar-refractivity contribution in [3.63, 3.8) is 0 Å². The number of nitrogens with one attached hydrogen (secondary N) is 1. The number of hydrogen-bond donors (Lipinski definition) is 1. The van der Waals surface area contributed by atoms with E-state index in [9.17, 15) is 9.59 Å². The van der Waals surface area contributed by atoms with Gasteiger partial charge in [0.15, 0.2) is 5.78 Å². The van der Waals surface area contributed by atoms with E-state index in [4.69, 9.17) is 4.74 Å². The molecule has 4 rings (SSSR count). The van der Waals surface area contributed by atoms with E-state index in [-0.39, 0.29) is 17.7 Å². The molecular weight excluding hydrogens is 374 g/mol. The van der Waals surface area contributed by atoms with Crippen LogP contribution in [0.3, 0.4) is 0 Å². The molecule has 1 N–H and O–H groups in total. The Morgan fingerprint density at radius 3 is 2.37 bits per heavy atom. The van der Waals surface area contributed by atoms with Gasteiger partial charge in [0.25, 0.3) is 0 Å². The second-order valence-corrected chi connectivity index (χ2v) is 7.68. The van der Waals surface area contributed by atoms with Crippen LogP contribution in [0.25, 0.3) is 11.1 Å². The van der Waals surface area contributed by atoms with Gasteiger partial charge in [0.05, 0.1) is 12.2 Å². The second kappa shape index (κ2) is 8.70. The first kappa shape index (κ1) is 20.1. The summed E-state index contributed by atoms with van der Waals surface area (Å²) in [4.78, 5) is 25.9. The third-order valence-corrected chi connectivity index (χ3v) is 5.86. The fraction of sp³-hybridized carbons (Fsp3) is 0.308. The highest BCUT2D eigenvalue weighted by molar-refractivity contribution is 6.03. The summed E-state index contributed by atoms with van der Waals surface area (Å²) in [6, 6.07) is 18.4. The number of dihydropyridines is 1. The molecule has 0 saturated carbocycles. The molecule has 1 atom stereocenters. The molecule has 0 unspecified atom stereocenters. The van der Waals surface area contributed by atoms with Gasteiger partial charge in [0, 0.05) is 29.3 Å². The zero-order valence-corrected chi connectivity index (χ0v) is 17.5. The first-order valence-corrected chi connectivity index (χ1v) is 10.7. The van der Waals surface area contributed by atoms with E-state index in [0.29, 0.717) is 25.0 Å². The average Bonchev–Trinajstić information content (AvgIpc) is 2.79. The van der Waals surface area contributed by atoms with Gasteiger partial charge in [-0.15, -0.1) is 0 Å². The van der Waals surface area contributed by atoms with Crippen molar-refractivity contribution < 1.29 is 14.3 Å². The van der Waals surface area contributed by atoms with E-state index in [1.54, 1.807) is 6.92 Å². The second-order valence-electron chi connectivity index (χ2n) is 7.68. The molecule has 0 amide bonds. The maximum Gasteiger partial charge on any atom is 0.336 e. The lowest BCUT2D eigenvalue weighted by Gasteiger charge is -2.35. The molecule has 1 heterocycles. The monoisotopic (exact) mass is 401 g/mol. The lowest BCUT2D eigenvalue weighted by molar-refractivity contribution is -0.138. The van der Waals surface area contributed by atoms with Crippen molar-refractivity contribution in [2.45, 2.75) is 45.4 Å². The van der Waals surface area contributed by atoms with E-state index in [0.717, 1.165) is 46.5 Å². The van der Waals surface area contributed by atoms with Gasteiger partial charge in [-0.2, -0.15) is 0 Å². The highest BCUT2D eigenvalue weighted by Gasteiger charge is 2.39. The minimum absolute atomic E-state index is 0.123. The number of carbonyl (C=O) groups excluding carboxylic acids is 2. The summed E-state index contributed by atoms with van der Waals surface area (Å²) in [5, 5.41) is 3.40. The normalized spacial score (nSPS) is 18.7. The maximum atomic E-state index is 13.0. The van der Waals surface area contributed by atoms with Crippen molar-refractivity contribution in [2.24, 2.45) is 0 Å². The van der Waals surface area contributed by atoms with Crippen LogP contribution in [0.1, 0.15) is 51.0 Å². The number of esters is 1. The van der Waals surface area contributed by atoms with Gasteiger partial charge in [0.1, 0.15) is 0 Å². The van der Waals surface area contributed by atoms with Crippen molar-refractivity contribution in [1.29, 1.82) is 0 Å². The molecule has 0 spiro atoms. The summed E-state index contributed by atoms with van der Waals surface area (Å²) in [6.45, 7) is 4.13. The number of carbonyl (C=O) groups is 2. The van der Waals surface area contributed by atoms with Gasteiger partial charge < -0.3 is 10.1 Å². The number of benzene rings is 2. The van der Waals surface area contributed by atoms with Crippen molar-refractivity contribution in [3.05, 3.63) is 82.7 Å². The zero-order valence-electron chi connectivity index (χ0n) is 17.5. The predicted octanol–water partition coefficient (Wildman–Crippen LogP) is 5.27. The molecule has 1 aliphatic carbocycles. The third kappa shape index (κ3) is 3.70. The van der Waals surface area contributed by atoms with Gasteiger partial charge >= 0.3 is 5.97 Å². The minimum Gasteiger partial charge on any atom is -0.463 e. The molecule has 4 nitrogen and oxygen atoms in total. The molecule has 0 radical (unpaired) electrons. The Bertz CT molecular complexity index is 1020. The highest BCUT2D eigenvalue weighted by Crippen LogP contribution is 2.43. The maximum absolute atomic E-state index is 13.0. The molecule has 30 heavy (non-hydrogen) atoms. The van der Waals surface area contributed by atoms with E-state index < -0.39 is 0 Å². The Morgan fingerprint density at radius 2 is 1.70 bits per heavy atom. The molecule has 0 saturated heterocycles. The Morgan fingerprint density at radius 1 is 1.00 bits per heavy atom. The Kier molecular flexibility index (Phi) is 5.84. The highest BCUT2D eigenvalue weighted by atomic mass is 16.5. The van der Waals surface area contributed by atoms with Crippen LogP contribution in [-0.4, -0.2) is 18.4 Å². The molecule has 0 fully saturated rings. The van der Waals surface area contributed by atoms with Crippen LogP contribution in [0, 0.1) is 0 Å². The summed E-state index contributed by atoms with van der Waals surface area (Å²) in [5.74, 6) is -0.602. The lowest BCUT2D eigenvalue weighted by atomic mass is 9.74. The molecule has 1 aliphatic heterocycles. The zero-order chi connectivity index (χ0) is 21.1. The molecule has 2 aromatic carbocycles. The Hall–Kier alpha value is -3.14. The average molecular weight is 402 g/mol. The first-order valence-electron chi connectivity index (χ1n) is 10.7. The molecule has 2 aliphatic rings. The van der Waals surface area contributed by atoms with E-state index in [1.165, 1.54) is 0 Å². The quantitative estimate of drug-likeness (QED) is 0.693. The SMILES string of the molecule is CCOC(=O)C1=C(CC)NC2=C(C(=O)CCC2)[C@H]1c1ccc(-c2ccccc2)cc1. The summed E-state index contributed by atoms with van der Waals surface area (Å²) in [7, 11) is 0. The van der Waals surface area contributed by atoms with Gasteiger partial charge in [-0.25, -0.2) is 4.79 Å². The van der Waals surface area contributed by atoms with Crippen molar-refractivity contribution in [1.82, 2.24) is 5.32 Å². The van der Waals surface area contributed by atoms with E-state index in [2.05, 4.69) is 29.6 Å². The largest absolute Gasteiger partial charge is 0.463 e. The molecule has 2 aromatic rings. The number of ether oxygens (including phenoxy) is 1.